The lowest BCUT2D eigenvalue weighted by atomic mass is 9.98. The average molecular weight is 2120 g/mol. The van der Waals surface area contributed by atoms with Crippen molar-refractivity contribution in [2.75, 3.05) is 99.4 Å². The first-order valence-electron chi connectivity index (χ1n) is 50.2. The summed E-state index contributed by atoms with van der Waals surface area (Å²) in [4.78, 5) is 50.3. The lowest BCUT2D eigenvalue weighted by Gasteiger charge is -2.30. The SMILES string of the molecule is Cc1cccc(COCC2(CP(=O)(CO[C@H](C)Cn3cnc4c(N)ncnc43)Oc3ccccc3)CC2)c1.Cc1ccccc1COCC(C)(C)CP(=O)(CO[C@H](C)Cn1cnc2c(N)ncnc21)Oc1ccccc1.Cc1ccccc1COCC1(CP(=O)(CO[C@H](C)Cn2cnc3c(N)ncnc32)Oc2ccccc2)CC1.Cc1ccccc1COCCCP(=O)(CO[C@H](C)Cn1cnc2c(N)ncnc21)Oc1ccccc1. The van der Waals surface area contributed by atoms with Crippen LogP contribution in [-0.2, 0) is 109 Å². The number of imidazole rings is 4. The third kappa shape index (κ3) is 32.7. The number of para-hydroxylation sites is 4. The Bertz CT molecular complexity index is 7050. The van der Waals surface area contributed by atoms with Crippen LogP contribution in [0.1, 0.15) is 118 Å². The molecule has 792 valence electrons. The molecule has 2 saturated carbocycles. The van der Waals surface area contributed by atoms with Gasteiger partial charge in [-0.15, -0.1) is 0 Å². The number of benzene rings is 8. The highest BCUT2D eigenvalue weighted by Gasteiger charge is 2.51. The Hall–Kier alpha value is -13.0. The van der Waals surface area contributed by atoms with Gasteiger partial charge < -0.3 is 97.2 Å². The molecule has 0 amide bonds. The highest BCUT2D eigenvalue weighted by Crippen LogP contribution is 2.62. The Balaban J connectivity index is 0.000000149. The third-order valence-corrected chi connectivity index (χ3v) is 34.5. The second-order valence-electron chi connectivity index (χ2n) is 39.6. The molecule has 150 heavy (non-hydrogen) atoms. The molecule has 8 atom stereocenters. The molecule has 2 aliphatic rings. The lowest BCUT2D eigenvalue weighted by molar-refractivity contribution is 0.0572. The number of anilines is 4. The van der Waals surface area contributed by atoms with E-state index >= 15 is 0 Å². The molecule has 0 radical (unpaired) electrons. The number of nitrogen functional groups attached to an aromatic ring is 4. The zero-order chi connectivity index (χ0) is 106. The van der Waals surface area contributed by atoms with Gasteiger partial charge in [0.15, 0.2) is 45.9 Å². The molecule has 8 aromatic heterocycles. The minimum absolute atomic E-state index is 0.00631. The van der Waals surface area contributed by atoms with E-state index in [1.165, 1.54) is 53.1 Å². The molecule has 0 aliphatic heterocycles. The van der Waals surface area contributed by atoms with E-state index in [0.717, 1.165) is 42.4 Å². The molecule has 0 bridgehead atoms. The standard InChI is InChI=1S/2C28H34N5O4P.C28H36N5O4P.C26H32N5O4P/c1-21-8-6-7-9-23(21)15-35-16-28(12-13-28)17-38(34,37-24-10-4-3-5-11-24)20-36-22(2)14-33-19-32-25-26(29)30-18-31-27(25)33;1-21-7-6-8-23(13-21)15-35-16-28(11-12-28)17-38(34,37-24-9-4-3-5-10-24)20-36-22(2)14-33-19-32-25-26(29)30-18-31-27(25)33;1-21-10-8-9-11-23(21)15-35-16-28(3,4)17-38(34,37-24-12-6-5-7-13-24)20-36-22(2)14-33-19-32-25-26(29)30-18-31-27(25)33;1-20-9-6-7-10-22(20)16-33-13-8-14-36(32,35-23-11-4-3-5-12-23)19-34-21(2)15-31-18-30-24-25(27)28-17-29-26(24)31/h3-11,18-19,22H,12-17,20H2,1-2H3,(H2,29,30,31);3-10,13,18-19,22H,11-12,14-17,20H2,1-2H3,(H2,29,30,31);5-13,18-19,22H,14-17,20H2,1-4H3,(H2,29,30,31);3-7,9-12,17-18,21H,8,13-16,19H2,1-2H3,(H2,27,28,29)/t3*22-,38?;21-,36?/m1111/s1. The maximum atomic E-state index is 14.2. The van der Waals surface area contributed by atoms with Gasteiger partial charge in [0, 0.05) is 42.1 Å². The second-order valence-corrected chi connectivity index (χ2v) is 49.3. The van der Waals surface area contributed by atoms with Gasteiger partial charge in [0.05, 0.1) is 122 Å². The van der Waals surface area contributed by atoms with Crippen molar-refractivity contribution in [3.63, 3.8) is 0 Å². The maximum Gasteiger partial charge on any atom is 0.273 e. The Labute approximate surface area is 875 Å². The van der Waals surface area contributed by atoms with Gasteiger partial charge in [-0.1, -0.05) is 189 Å². The Morgan fingerprint density at radius 1 is 0.347 bits per heavy atom. The molecule has 2 aliphatic carbocycles. The van der Waals surface area contributed by atoms with Gasteiger partial charge >= 0.3 is 0 Å². The first-order valence-corrected chi connectivity index (χ1v) is 58.2. The quantitative estimate of drug-likeness (QED) is 0.0203. The summed E-state index contributed by atoms with van der Waals surface area (Å²) in [5.74, 6) is 3.60. The largest absolute Gasteiger partial charge is 0.441 e. The molecule has 40 heteroatoms. The molecule has 16 aromatic rings. The molecule has 0 spiro atoms. The molecule has 8 heterocycles. The fourth-order valence-corrected chi connectivity index (χ4v) is 26.9. The molecular formula is C110H136N20O16P4. The van der Waals surface area contributed by atoms with Crippen LogP contribution in [0.2, 0.25) is 0 Å². The highest BCUT2D eigenvalue weighted by atomic mass is 31.2. The average Bonchev–Trinajstić information content (AvgIpc) is 1.63. The van der Waals surface area contributed by atoms with Crippen LogP contribution in [0.4, 0.5) is 23.3 Å². The van der Waals surface area contributed by atoms with E-state index in [1.807, 2.05) is 199 Å². The van der Waals surface area contributed by atoms with Gasteiger partial charge in [-0.2, -0.15) is 0 Å². The van der Waals surface area contributed by atoms with Crippen molar-refractivity contribution in [1.82, 2.24) is 78.1 Å². The number of fused-ring (bicyclic) bond motifs is 4. The van der Waals surface area contributed by atoms with Crippen molar-refractivity contribution < 1.29 is 74.3 Å². The highest BCUT2D eigenvalue weighted by molar-refractivity contribution is 7.60. The summed E-state index contributed by atoms with van der Waals surface area (Å²) in [5, 5.41) is 0. The van der Waals surface area contributed by atoms with Crippen molar-refractivity contribution in [2.24, 2.45) is 16.2 Å². The molecule has 18 rings (SSSR count). The third-order valence-electron chi connectivity index (χ3n) is 25.6. The van der Waals surface area contributed by atoms with Crippen LogP contribution in [-0.4, -0.2) is 179 Å². The fraction of sp³-hybridized carbons (Fsp3) is 0.382. The summed E-state index contributed by atoms with van der Waals surface area (Å²) < 4.78 is 137. The van der Waals surface area contributed by atoms with Crippen molar-refractivity contribution in [3.8, 4) is 23.0 Å². The number of rotatable bonds is 52. The van der Waals surface area contributed by atoms with Gasteiger partial charge in [0.1, 0.15) is 95.8 Å². The van der Waals surface area contributed by atoms with Crippen LogP contribution in [0.25, 0.3) is 44.7 Å². The zero-order valence-electron chi connectivity index (χ0n) is 86.7. The van der Waals surface area contributed by atoms with Crippen molar-refractivity contribution in [2.45, 2.75) is 178 Å². The molecule has 8 N–H and O–H groups in total. The van der Waals surface area contributed by atoms with Crippen LogP contribution >= 0.6 is 29.5 Å². The Morgan fingerprint density at radius 2 is 0.653 bits per heavy atom. The summed E-state index contributed by atoms with van der Waals surface area (Å²) in [6, 6.07) is 69.8. The minimum Gasteiger partial charge on any atom is -0.441 e. The number of ether oxygens (including phenoxy) is 8. The van der Waals surface area contributed by atoms with Gasteiger partial charge in [0.25, 0.3) is 29.5 Å². The number of hydrogen-bond acceptors (Lipinski definition) is 32. The maximum absolute atomic E-state index is 14.2. The van der Waals surface area contributed by atoms with Crippen molar-refractivity contribution >= 4 is 97.4 Å². The van der Waals surface area contributed by atoms with E-state index in [9.17, 15) is 18.3 Å². The molecule has 4 unspecified atom stereocenters. The van der Waals surface area contributed by atoms with Crippen LogP contribution in [0.5, 0.6) is 23.0 Å². The van der Waals surface area contributed by atoms with Crippen LogP contribution in [0.15, 0.2) is 269 Å². The zero-order valence-corrected chi connectivity index (χ0v) is 90.3. The first-order chi connectivity index (χ1) is 72.3. The predicted octanol–water partition coefficient (Wildman–Crippen LogP) is 21.6. The smallest absolute Gasteiger partial charge is 0.273 e. The predicted molar refractivity (Wildman–Crippen MR) is 584 cm³/mol. The van der Waals surface area contributed by atoms with E-state index in [0.29, 0.717) is 201 Å². The van der Waals surface area contributed by atoms with Gasteiger partial charge in [-0.3, -0.25) is 18.3 Å². The molecular weight excluding hydrogens is 1980 g/mol. The van der Waals surface area contributed by atoms with E-state index < -0.39 is 34.9 Å². The van der Waals surface area contributed by atoms with Crippen LogP contribution in [0.3, 0.4) is 0 Å². The first kappa shape index (κ1) is 111. The van der Waals surface area contributed by atoms with Gasteiger partial charge in [-0.05, 0) is 180 Å². The van der Waals surface area contributed by atoms with Gasteiger partial charge in [-0.25, -0.2) is 59.8 Å². The molecule has 36 nitrogen and oxygen atoms in total. The minimum atomic E-state index is -3.26. The molecule has 2 fully saturated rings. The Morgan fingerprint density at radius 3 is 1.00 bits per heavy atom. The second kappa shape index (κ2) is 52.1. The summed E-state index contributed by atoms with van der Waals surface area (Å²) in [5.41, 5.74) is 37.0. The van der Waals surface area contributed by atoms with Gasteiger partial charge in [0.2, 0.25) is 0 Å². The van der Waals surface area contributed by atoms with Crippen molar-refractivity contribution in [3.05, 3.63) is 314 Å². The topological polar surface area (TPSA) is 458 Å². The number of aromatic nitrogens is 16. The monoisotopic (exact) mass is 2120 g/mol. The molecule has 8 aromatic carbocycles. The number of hydrogen-bond donors (Lipinski definition) is 4. The number of nitrogens with zero attached hydrogens (tertiary/aromatic N) is 16. The lowest BCUT2D eigenvalue weighted by Crippen LogP contribution is -2.27. The summed E-state index contributed by atoms with van der Waals surface area (Å²) in [7, 11) is -12.8. The normalized spacial score (nSPS) is 15.4. The summed E-state index contributed by atoms with van der Waals surface area (Å²) >= 11 is 0. The van der Waals surface area contributed by atoms with Crippen LogP contribution < -0.4 is 41.0 Å². The number of aryl methyl sites for hydroxylation is 4. The Kier molecular flexibility index (Phi) is 38.6. The summed E-state index contributed by atoms with van der Waals surface area (Å²) in [6.45, 7) is 26.0. The molecule has 0 saturated heterocycles. The summed E-state index contributed by atoms with van der Waals surface area (Å²) in [6.07, 6.45) is 17.1. The van der Waals surface area contributed by atoms with E-state index in [-0.39, 0.29) is 60.6 Å². The van der Waals surface area contributed by atoms with E-state index in [4.69, 9.17) is 78.9 Å². The van der Waals surface area contributed by atoms with Crippen molar-refractivity contribution in [1.29, 1.82) is 0 Å². The fourth-order valence-electron chi connectivity index (χ4n) is 17.2. The number of nitrogens with two attached hydrogens (primary N) is 4. The van der Waals surface area contributed by atoms with E-state index in [1.54, 1.807) is 49.6 Å². The van der Waals surface area contributed by atoms with Crippen LogP contribution in [0, 0.1) is 43.9 Å². The van der Waals surface area contributed by atoms with E-state index in [2.05, 4.69) is 142 Å².